The van der Waals surface area contributed by atoms with Crippen molar-refractivity contribution in [1.82, 2.24) is 4.57 Å². The molecule has 0 amide bonds. The Bertz CT molecular complexity index is 897. The number of carboxylic acid groups (broad SMARTS) is 1. The third-order valence-electron chi connectivity index (χ3n) is 4.27. The minimum absolute atomic E-state index is 0.150. The van der Waals surface area contributed by atoms with Gasteiger partial charge in [0.15, 0.2) is 5.43 Å². The molecule has 0 spiro atoms. The Balaban J connectivity index is 1.84. The molecule has 1 N–H and O–H groups in total. The van der Waals surface area contributed by atoms with Crippen molar-refractivity contribution >= 4 is 11.8 Å². The maximum atomic E-state index is 12.0. The summed E-state index contributed by atoms with van der Waals surface area (Å²) in [5, 5.41) is 9.08. The van der Waals surface area contributed by atoms with Crippen LogP contribution >= 0.6 is 0 Å². The second-order valence-electron chi connectivity index (χ2n) is 6.16. The first-order valence-electron chi connectivity index (χ1n) is 8.19. The van der Waals surface area contributed by atoms with Crippen LogP contribution < -0.4 is 10.2 Å². The molecule has 6 heteroatoms. The Morgan fingerprint density at radius 2 is 2.08 bits per heavy atom. The first-order chi connectivity index (χ1) is 12.0. The van der Waals surface area contributed by atoms with Crippen LogP contribution in [0, 0.1) is 0 Å². The molecular formula is C19H19NO5. The third kappa shape index (κ3) is 3.63. The van der Waals surface area contributed by atoms with Gasteiger partial charge in [0.1, 0.15) is 17.1 Å². The number of rotatable bonds is 6. The van der Waals surface area contributed by atoms with Crippen LogP contribution in [0.3, 0.4) is 0 Å². The maximum Gasteiger partial charge on any atom is 0.341 e. The van der Waals surface area contributed by atoms with Gasteiger partial charge in [-0.25, -0.2) is 4.79 Å². The first kappa shape index (κ1) is 17.0. The summed E-state index contributed by atoms with van der Waals surface area (Å²) in [6.07, 6.45) is 3.33. The van der Waals surface area contributed by atoms with Gasteiger partial charge in [-0.15, -0.1) is 0 Å². The molecule has 0 fully saturated rings. The van der Waals surface area contributed by atoms with Crippen LogP contribution in [0.5, 0.6) is 5.75 Å². The van der Waals surface area contributed by atoms with E-state index in [2.05, 4.69) is 0 Å². The van der Waals surface area contributed by atoms with Gasteiger partial charge in [0.2, 0.25) is 0 Å². The monoisotopic (exact) mass is 341 g/mol. The standard InChI is InChI=1S/C19H19NO5/c1-12(21)3-2-8-25-14-4-5-15-13(9-14)6-7-20-11-16(19(23)24)18(22)10-17(15)20/h4-5,9-11H,2-3,6-8H2,1H3,(H,23,24). The summed E-state index contributed by atoms with van der Waals surface area (Å²) in [6.45, 7) is 2.65. The van der Waals surface area contributed by atoms with E-state index in [0.717, 1.165) is 29.0 Å². The molecule has 1 aliphatic heterocycles. The van der Waals surface area contributed by atoms with E-state index in [9.17, 15) is 14.4 Å². The molecule has 0 radical (unpaired) electrons. The number of carbonyl (C=O) groups is 2. The number of ketones is 1. The highest BCUT2D eigenvalue weighted by Crippen LogP contribution is 2.31. The van der Waals surface area contributed by atoms with Crippen LogP contribution in [0.2, 0.25) is 0 Å². The maximum absolute atomic E-state index is 12.0. The number of aryl methyl sites for hydroxylation is 2. The lowest BCUT2D eigenvalue weighted by molar-refractivity contribution is -0.117. The molecule has 0 aliphatic carbocycles. The van der Waals surface area contributed by atoms with E-state index in [-0.39, 0.29) is 11.3 Å². The van der Waals surface area contributed by atoms with E-state index in [1.165, 1.54) is 12.3 Å². The van der Waals surface area contributed by atoms with Crippen LogP contribution in [0.4, 0.5) is 0 Å². The van der Waals surface area contributed by atoms with Crippen molar-refractivity contribution in [2.75, 3.05) is 6.61 Å². The lowest BCUT2D eigenvalue weighted by Crippen LogP contribution is -2.21. The number of aromatic carboxylic acids is 1. The van der Waals surface area contributed by atoms with Crippen LogP contribution in [-0.4, -0.2) is 28.0 Å². The van der Waals surface area contributed by atoms with Crippen molar-refractivity contribution in [3.63, 3.8) is 0 Å². The van der Waals surface area contributed by atoms with Crippen molar-refractivity contribution in [3.05, 3.63) is 51.8 Å². The average molecular weight is 341 g/mol. The minimum atomic E-state index is -1.21. The summed E-state index contributed by atoms with van der Waals surface area (Å²) >= 11 is 0. The van der Waals surface area contributed by atoms with Gasteiger partial charge in [-0.2, -0.15) is 0 Å². The molecule has 1 aliphatic rings. The zero-order valence-corrected chi connectivity index (χ0v) is 13.9. The number of fused-ring (bicyclic) bond motifs is 3. The number of aromatic nitrogens is 1. The summed E-state index contributed by atoms with van der Waals surface area (Å²) in [6, 6.07) is 7.05. The van der Waals surface area contributed by atoms with Crippen LogP contribution in [0.15, 0.2) is 35.3 Å². The quantitative estimate of drug-likeness (QED) is 0.816. The topological polar surface area (TPSA) is 85.6 Å². The molecule has 2 heterocycles. The fourth-order valence-corrected chi connectivity index (χ4v) is 3.02. The third-order valence-corrected chi connectivity index (χ3v) is 4.27. The molecule has 1 aromatic heterocycles. The number of benzene rings is 1. The van der Waals surface area contributed by atoms with E-state index in [1.54, 1.807) is 11.5 Å². The lowest BCUT2D eigenvalue weighted by atomic mass is 9.96. The van der Waals surface area contributed by atoms with E-state index in [4.69, 9.17) is 9.84 Å². The van der Waals surface area contributed by atoms with Gasteiger partial charge >= 0.3 is 5.97 Å². The van der Waals surface area contributed by atoms with Crippen molar-refractivity contribution in [2.24, 2.45) is 0 Å². The highest BCUT2D eigenvalue weighted by atomic mass is 16.5. The Morgan fingerprint density at radius 3 is 2.80 bits per heavy atom. The molecule has 3 rings (SSSR count). The molecule has 0 saturated heterocycles. The SMILES string of the molecule is CC(=O)CCCOc1ccc2c(c1)CCn1cc(C(=O)O)c(=O)cc1-2. The molecule has 130 valence electrons. The van der Waals surface area contributed by atoms with Gasteiger partial charge in [0.05, 0.1) is 12.3 Å². The molecule has 2 aromatic rings. The largest absolute Gasteiger partial charge is 0.494 e. The van der Waals surface area contributed by atoms with Gasteiger partial charge in [0.25, 0.3) is 0 Å². The molecule has 6 nitrogen and oxygen atoms in total. The van der Waals surface area contributed by atoms with Crippen molar-refractivity contribution in [2.45, 2.75) is 32.7 Å². The van der Waals surface area contributed by atoms with Crippen molar-refractivity contribution in [3.8, 4) is 17.0 Å². The number of pyridine rings is 1. The average Bonchev–Trinajstić information content (AvgIpc) is 2.57. The summed E-state index contributed by atoms with van der Waals surface area (Å²) < 4.78 is 7.49. The van der Waals surface area contributed by atoms with E-state index >= 15 is 0 Å². The molecule has 1 aromatic carbocycles. The normalized spacial score (nSPS) is 12.2. The van der Waals surface area contributed by atoms with E-state index < -0.39 is 11.4 Å². The Labute approximate surface area is 144 Å². The number of carbonyl (C=O) groups excluding carboxylic acids is 1. The smallest absolute Gasteiger partial charge is 0.341 e. The molecule has 0 bridgehead atoms. The van der Waals surface area contributed by atoms with E-state index in [1.807, 2.05) is 18.2 Å². The number of carboxylic acids is 1. The zero-order chi connectivity index (χ0) is 18.0. The summed E-state index contributed by atoms with van der Waals surface area (Å²) in [4.78, 5) is 34.0. The van der Waals surface area contributed by atoms with Gasteiger partial charge in [-0.05, 0) is 43.5 Å². The molecular weight excluding hydrogens is 322 g/mol. The number of hydrogen-bond acceptors (Lipinski definition) is 4. The molecule has 0 saturated carbocycles. The Morgan fingerprint density at radius 1 is 1.28 bits per heavy atom. The number of ether oxygens (including phenoxy) is 1. The number of Topliss-reactive ketones (excluding diaryl/α,β-unsaturated/α-hetero) is 1. The van der Waals surface area contributed by atoms with Gasteiger partial charge in [-0.3, -0.25) is 4.79 Å². The fourth-order valence-electron chi connectivity index (χ4n) is 3.02. The predicted molar refractivity (Wildman–Crippen MR) is 92.2 cm³/mol. The summed E-state index contributed by atoms with van der Waals surface area (Å²) in [7, 11) is 0. The zero-order valence-electron chi connectivity index (χ0n) is 13.9. The summed E-state index contributed by atoms with van der Waals surface area (Å²) in [5.74, 6) is -0.322. The Hall–Kier alpha value is -2.89. The van der Waals surface area contributed by atoms with Crippen LogP contribution in [-0.2, 0) is 17.8 Å². The molecule has 25 heavy (non-hydrogen) atoms. The van der Waals surface area contributed by atoms with E-state index in [0.29, 0.717) is 26.0 Å². The second kappa shape index (κ2) is 6.93. The molecule has 0 unspecified atom stereocenters. The first-order valence-corrected chi connectivity index (χ1v) is 8.19. The van der Waals surface area contributed by atoms with Crippen LogP contribution in [0.25, 0.3) is 11.3 Å². The van der Waals surface area contributed by atoms with Crippen molar-refractivity contribution < 1.29 is 19.4 Å². The minimum Gasteiger partial charge on any atom is -0.494 e. The highest BCUT2D eigenvalue weighted by molar-refractivity contribution is 5.87. The lowest BCUT2D eigenvalue weighted by Gasteiger charge is -2.23. The van der Waals surface area contributed by atoms with Crippen LogP contribution in [0.1, 0.15) is 35.7 Å². The number of nitrogens with zero attached hydrogens (tertiary/aromatic N) is 1. The highest BCUT2D eigenvalue weighted by Gasteiger charge is 2.19. The fraction of sp³-hybridized carbons (Fsp3) is 0.316. The summed E-state index contributed by atoms with van der Waals surface area (Å²) in [5.41, 5.74) is 2.00. The molecule has 0 atom stereocenters. The van der Waals surface area contributed by atoms with Gasteiger partial charge < -0.3 is 19.2 Å². The Kier molecular flexibility index (Phi) is 4.70. The number of hydrogen-bond donors (Lipinski definition) is 1. The van der Waals surface area contributed by atoms with Gasteiger partial charge in [-0.1, -0.05) is 0 Å². The predicted octanol–water partition coefficient (Wildman–Crippen LogP) is 2.52. The van der Waals surface area contributed by atoms with Gasteiger partial charge in [0, 0.05) is 30.8 Å². The van der Waals surface area contributed by atoms with Crippen molar-refractivity contribution in [1.29, 1.82) is 0 Å². The second-order valence-corrected chi connectivity index (χ2v) is 6.16.